The zero-order valence-corrected chi connectivity index (χ0v) is 18.2. The van der Waals surface area contributed by atoms with E-state index in [-0.39, 0.29) is 0 Å². The Bertz CT molecular complexity index is 871. The van der Waals surface area contributed by atoms with Gasteiger partial charge in [-0.15, -0.1) is 0 Å². The summed E-state index contributed by atoms with van der Waals surface area (Å²) in [6.07, 6.45) is 8.25. The molecule has 5 rings (SSSR count). The number of methoxy groups -OCH3 is 2. The topological polar surface area (TPSA) is 54.0 Å². The molecule has 0 radical (unpaired) electrons. The van der Waals surface area contributed by atoms with Crippen LogP contribution < -0.4 is 14.4 Å². The molecule has 1 unspecified atom stereocenters. The van der Waals surface area contributed by atoms with Gasteiger partial charge in [0.1, 0.15) is 12.1 Å². The fourth-order valence-corrected chi connectivity index (χ4v) is 5.48. The Labute approximate surface area is 179 Å². The Morgan fingerprint density at radius 3 is 2.57 bits per heavy atom. The van der Waals surface area contributed by atoms with Crippen molar-refractivity contribution in [1.29, 1.82) is 0 Å². The Hall–Kier alpha value is -2.12. The molecule has 3 fully saturated rings. The number of rotatable bonds is 6. The van der Waals surface area contributed by atoms with Crippen LogP contribution in [0.5, 0.6) is 11.5 Å². The van der Waals surface area contributed by atoms with Crippen LogP contribution in [0.15, 0.2) is 18.5 Å². The molecule has 3 saturated heterocycles. The summed E-state index contributed by atoms with van der Waals surface area (Å²) in [5.74, 6) is 3.26. The molecule has 0 amide bonds. The number of ether oxygens (including phenoxy) is 2. The molecular weight excluding hydrogens is 378 g/mol. The molecule has 1 atom stereocenters. The third-order valence-electron chi connectivity index (χ3n) is 7.24. The summed E-state index contributed by atoms with van der Waals surface area (Å²) in [6, 6.07) is 4.79. The second-order valence-corrected chi connectivity index (χ2v) is 8.97. The summed E-state index contributed by atoms with van der Waals surface area (Å²) < 4.78 is 10.9. The van der Waals surface area contributed by atoms with E-state index in [4.69, 9.17) is 9.47 Å². The minimum Gasteiger partial charge on any atom is -0.493 e. The third-order valence-corrected chi connectivity index (χ3v) is 7.24. The van der Waals surface area contributed by atoms with Gasteiger partial charge >= 0.3 is 0 Å². The first-order valence-electron chi connectivity index (χ1n) is 11.3. The first-order chi connectivity index (χ1) is 14.7. The molecular formula is C23H33N5O2. The third kappa shape index (κ3) is 3.81. The van der Waals surface area contributed by atoms with Crippen molar-refractivity contribution in [2.24, 2.45) is 5.92 Å². The van der Waals surface area contributed by atoms with Crippen LogP contribution >= 0.6 is 0 Å². The van der Waals surface area contributed by atoms with E-state index in [1.54, 1.807) is 20.5 Å². The molecule has 0 aliphatic carbocycles. The molecule has 0 N–H and O–H groups in total. The summed E-state index contributed by atoms with van der Waals surface area (Å²) in [4.78, 5) is 16.8. The maximum Gasteiger partial charge on any atom is 0.162 e. The van der Waals surface area contributed by atoms with Gasteiger partial charge in [-0.05, 0) is 57.2 Å². The Balaban J connectivity index is 1.21. The average Bonchev–Trinajstić information content (AvgIpc) is 3.38. The molecule has 0 saturated carbocycles. The SMILES string of the molecule is COc1cc2ncnc(N3CCC(CCN4CC5CCCN5C4)CC3)c2cc1OC. The second kappa shape index (κ2) is 8.55. The number of hydrogen-bond acceptors (Lipinski definition) is 7. The summed E-state index contributed by atoms with van der Waals surface area (Å²) >= 11 is 0. The van der Waals surface area contributed by atoms with Gasteiger partial charge in [0.15, 0.2) is 11.5 Å². The van der Waals surface area contributed by atoms with E-state index < -0.39 is 0 Å². The summed E-state index contributed by atoms with van der Waals surface area (Å²) in [5.41, 5.74) is 0.898. The number of nitrogens with zero attached hydrogens (tertiary/aromatic N) is 5. The van der Waals surface area contributed by atoms with Crippen molar-refractivity contribution in [2.75, 3.05) is 58.5 Å². The molecule has 2 aromatic rings. The molecule has 7 nitrogen and oxygen atoms in total. The number of hydrogen-bond donors (Lipinski definition) is 0. The van der Waals surface area contributed by atoms with Gasteiger partial charge in [0.05, 0.1) is 26.4 Å². The standard InChI is InChI=1S/C23H33N5O2/c1-29-21-12-19-20(13-22(21)30-2)24-15-25-23(19)27-10-6-17(7-11-27)5-9-26-14-18-4-3-8-28(18)16-26/h12-13,15,17-18H,3-11,14,16H2,1-2H3. The predicted octanol–water partition coefficient (Wildman–Crippen LogP) is 2.99. The van der Waals surface area contributed by atoms with E-state index in [0.717, 1.165) is 47.5 Å². The minimum atomic E-state index is 0.704. The first-order valence-corrected chi connectivity index (χ1v) is 11.3. The van der Waals surface area contributed by atoms with E-state index in [1.807, 2.05) is 12.1 Å². The van der Waals surface area contributed by atoms with Gasteiger partial charge in [0.25, 0.3) is 0 Å². The summed E-state index contributed by atoms with van der Waals surface area (Å²) in [7, 11) is 3.33. The molecule has 4 heterocycles. The van der Waals surface area contributed by atoms with Gasteiger partial charge in [0.2, 0.25) is 0 Å². The fraction of sp³-hybridized carbons (Fsp3) is 0.652. The van der Waals surface area contributed by atoms with Crippen molar-refractivity contribution in [3.63, 3.8) is 0 Å². The lowest BCUT2D eigenvalue weighted by atomic mass is 9.93. The maximum atomic E-state index is 5.50. The van der Waals surface area contributed by atoms with Crippen molar-refractivity contribution in [1.82, 2.24) is 19.8 Å². The molecule has 7 heteroatoms. The molecule has 162 valence electrons. The molecule has 3 aliphatic heterocycles. The Kier molecular flexibility index (Phi) is 5.65. The van der Waals surface area contributed by atoms with Gasteiger partial charge in [0, 0.05) is 37.1 Å². The van der Waals surface area contributed by atoms with Crippen LogP contribution in [0.4, 0.5) is 5.82 Å². The lowest BCUT2D eigenvalue weighted by molar-refractivity contribution is 0.230. The molecule has 30 heavy (non-hydrogen) atoms. The average molecular weight is 412 g/mol. The highest BCUT2D eigenvalue weighted by atomic mass is 16.5. The smallest absolute Gasteiger partial charge is 0.162 e. The van der Waals surface area contributed by atoms with E-state index in [9.17, 15) is 0 Å². The quantitative estimate of drug-likeness (QED) is 0.724. The monoisotopic (exact) mass is 411 g/mol. The fourth-order valence-electron chi connectivity index (χ4n) is 5.48. The Morgan fingerprint density at radius 1 is 1.00 bits per heavy atom. The summed E-state index contributed by atoms with van der Waals surface area (Å²) in [6.45, 7) is 7.16. The zero-order valence-electron chi connectivity index (χ0n) is 18.2. The number of aromatic nitrogens is 2. The Morgan fingerprint density at radius 2 is 1.80 bits per heavy atom. The van der Waals surface area contributed by atoms with Crippen LogP contribution in [-0.2, 0) is 0 Å². The lowest BCUT2D eigenvalue weighted by Crippen LogP contribution is -2.36. The largest absolute Gasteiger partial charge is 0.493 e. The van der Waals surface area contributed by atoms with Crippen molar-refractivity contribution in [2.45, 2.75) is 38.1 Å². The highest BCUT2D eigenvalue weighted by Gasteiger charge is 2.33. The van der Waals surface area contributed by atoms with E-state index in [0.29, 0.717) is 5.75 Å². The van der Waals surface area contributed by atoms with Crippen LogP contribution in [0.1, 0.15) is 32.1 Å². The lowest BCUT2D eigenvalue weighted by Gasteiger charge is -2.34. The van der Waals surface area contributed by atoms with Gasteiger partial charge in [-0.25, -0.2) is 9.97 Å². The highest BCUT2D eigenvalue weighted by Crippen LogP contribution is 2.36. The van der Waals surface area contributed by atoms with Crippen molar-refractivity contribution < 1.29 is 9.47 Å². The molecule has 0 spiro atoms. The van der Waals surface area contributed by atoms with Gasteiger partial charge < -0.3 is 14.4 Å². The van der Waals surface area contributed by atoms with Crippen LogP contribution in [0.3, 0.4) is 0 Å². The molecule has 3 aliphatic rings. The predicted molar refractivity (Wildman–Crippen MR) is 118 cm³/mol. The van der Waals surface area contributed by atoms with Gasteiger partial charge in [-0.3, -0.25) is 9.80 Å². The molecule has 1 aromatic heterocycles. The van der Waals surface area contributed by atoms with Crippen molar-refractivity contribution in [3.8, 4) is 11.5 Å². The van der Waals surface area contributed by atoms with Gasteiger partial charge in [-0.1, -0.05) is 0 Å². The normalized spacial score (nSPS) is 23.3. The number of fused-ring (bicyclic) bond motifs is 2. The number of anilines is 1. The van der Waals surface area contributed by atoms with Crippen molar-refractivity contribution in [3.05, 3.63) is 18.5 Å². The maximum absolute atomic E-state index is 5.50. The van der Waals surface area contributed by atoms with Crippen LogP contribution in [0, 0.1) is 5.92 Å². The number of piperidine rings is 1. The van der Waals surface area contributed by atoms with Crippen molar-refractivity contribution >= 4 is 16.7 Å². The minimum absolute atomic E-state index is 0.704. The van der Waals surface area contributed by atoms with E-state index >= 15 is 0 Å². The van der Waals surface area contributed by atoms with E-state index in [1.165, 1.54) is 58.4 Å². The number of benzene rings is 1. The van der Waals surface area contributed by atoms with Crippen LogP contribution in [0.2, 0.25) is 0 Å². The zero-order chi connectivity index (χ0) is 20.5. The summed E-state index contributed by atoms with van der Waals surface area (Å²) in [5, 5.41) is 1.03. The highest BCUT2D eigenvalue weighted by molar-refractivity contribution is 5.92. The van der Waals surface area contributed by atoms with Crippen LogP contribution in [0.25, 0.3) is 10.9 Å². The molecule has 1 aromatic carbocycles. The molecule has 0 bridgehead atoms. The van der Waals surface area contributed by atoms with Crippen LogP contribution in [-0.4, -0.2) is 79.4 Å². The van der Waals surface area contributed by atoms with E-state index in [2.05, 4.69) is 24.7 Å². The second-order valence-electron chi connectivity index (χ2n) is 8.97. The van der Waals surface area contributed by atoms with Gasteiger partial charge in [-0.2, -0.15) is 0 Å². The first kappa shape index (κ1) is 19.8.